The van der Waals surface area contributed by atoms with Crippen LogP contribution >= 0.6 is 11.6 Å². The van der Waals surface area contributed by atoms with E-state index < -0.39 is 0 Å². The van der Waals surface area contributed by atoms with Crippen molar-refractivity contribution in [3.05, 3.63) is 29.8 Å². The van der Waals surface area contributed by atoms with Gasteiger partial charge in [0.1, 0.15) is 0 Å². The summed E-state index contributed by atoms with van der Waals surface area (Å²) >= 11 is 5.53. The van der Waals surface area contributed by atoms with E-state index in [1.165, 1.54) is 7.11 Å². The second-order valence-corrected chi connectivity index (χ2v) is 3.19. The van der Waals surface area contributed by atoms with Gasteiger partial charge in [0.15, 0.2) is 11.5 Å². The fourth-order valence-electron chi connectivity index (χ4n) is 1.09. The van der Waals surface area contributed by atoms with Gasteiger partial charge in [-0.1, -0.05) is 18.2 Å². The molecule has 14 heavy (non-hydrogen) atoms. The first-order valence-corrected chi connectivity index (χ1v) is 4.91. The zero-order valence-corrected chi connectivity index (χ0v) is 8.79. The lowest BCUT2D eigenvalue weighted by Gasteiger charge is -2.03. The van der Waals surface area contributed by atoms with Crippen molar-refractivity contribution in [1.82, 2.24) is 0 Å². The van der Waals surface area contributed by atoms with Crippen molar-refractivity contribution in [3.63, 3.8) is 0 Å². The number of allylic oxidation sites excluding steroid dienone is 1. The fourth-order valence-corrected chi connectivity index (χ4v) is 1.22. The number of rotatable bonds is 4. The maximum Gasteiger partial charge on any atom is 0.160 e. The highest BCUT2D eigenvalue weighted by molar-refractivity contribution is 6.17. The SMILES string of the molecule is COc1ccc(C=CCCCl)cc1O. The number of aromatic hydroxyl groups is 1. The molecular formula is C11H13ClO2. The van der Waals surface area contributed by atoms with Crippen LogP contribution < -0.4 is 4.74 Å². The Balaban J connectivity index is 2.76. The van der Waals surface area contributed by atoms with Gasteiger partial charge in [-0.25, -0.2) is 0 Å². The van der Waals surface area contributed by atoms with Crippen molar-refractivity contribution >= 4 is 17.7 Å². The molecule has 2 nitrogen and oxygen atoms in total. The molecule has 0 unspecified atom stereocenters. The van der Waals surface area contributed by atoms with E-state index >= 15 is 0 Å². The predicted molar refractivity (Wildman–Crippen MR) is 59.0 cm³/mol. The van der Waals surface area contributed by atoms with Crippen LogP contribution in [0.25, 0.3) is 6.08 Å². The first-order valence-electron chi connectivity index (χ1n) is 4.37. The summed E-state index contributed by atoms with van der Waals surface area (Å²) in [5.41, 5.74) is 0.938. The van der Waals surface area contributed by atoms with Crippen LogP contribution in [0.4, 0.5) is 0 Å². The number of halogens is 1. The molecule has 0 spiro atoms. The molecule has 1 aromatic rings. The highest BCUT2D eigenvalue weighted by Gasteiger charge is 1.99. The molecular weight excluding hydrogens is 200 g/mol. The van der Waals surface area contributed by atoms with Gasteiger partial charge in [0, 0.05) is 5.88 Å². The van der Waals surface area contributed by atoms with Crippen LogP contribution in [0.3, 0.4) is 0 Å². The summed E-state index contributed by atoms with van der Waals surface area (Å²) in [6.07, 6.45) is 4.71. The zero-order chi connectivity index (χ0) is 10.4. The van der Waals surface area contributed by atoms with E-state index in [9.17, 15) is 5.11 Å². The molecule has 0 aliphatic heterocycles. The molecule has 76 valence electrons. The average Bonchev–Trinajstić information content (AvgIpc) is 2.18. The van der Waals surface area contributed by atoms with Crippen LogP contribution in [0.1, 0.15) is 12.0 Å². The van der Waals surface area contributed by atoms with Gasteiger partial charge in [0.2, 0.25) is 0 Å². The highest BCUT2D eigenvalue weighted by Crippen LogP contribution is 2.26. The molecule has 0 atom stereocenters. The second kappa shape index (κ2) is 5.55. The van der Waals surface area contributed by atoms with Crippen molar-refractivity contribution in [3.8, 4) is 11.5 Å². The summed E-state index contributed by atoms with van der Waals surface area (Å²) in [4.78, 5) is 0. The summed E-state index contributed by atoms with van der Waals surface area (Å²) in [6.45, 7) is 0. The molecule has 0 saturated carbocycles. The monoisotopic (exact) mass is 212 g/mol. The van der Waals surface area contributed by atoms with E-state index in [0.717, 1.165) is 12.0 Å². The Bertz CT molecular complexity index is 321. The highest BCUT2D eigenvalue weighted by atomic mass is 35.5. The van der Waals surface area contributed by atoms with Crippen molar-refractivity contribution in [1.29, 1.82) is 0 Å². The Kier molecular flexibility index (Phi) is 4.33. The lowest BCUT2D eigenvalue weighted by molar-refractivity contribution is 0.373. The van der Waals surface area contributed by atoms with Gasteiger partial charge in [-0.05, 0) is 24.1 Å². The number of phenolic OH excluding ortho intramolecular Hbond substituents is 1. The Morgan fingerprint density at radius 2 is 2.29 bits per heavy atom. The first-order chi connectivity index (χ1) is 6.77. The molecule has 0 amide bonds. The van der Waals surface area contributed by atoms with E-state index in [2.05, 4.69) is 0 Å². The van der Waals surface area contributed by atoms with E-state index in [0.29, 0.717) is 11.6 Å². The number of benzene rings is 1. The van der Waals surface area contributed by atoms with Crippen LogP contribution in [0, 0.1) is 0 Å². The first kappa shape index (κ1) is 10.9. The van der Waals surface area contributed by atoms with Crippen LogP contribution in [0.15, 0.2) is 24.3 Å². The molecule has 3 heteroatoms. The molecule has 0 saturated heterocycles. The third kappa shape index (κ3) is 2.96. The molecule has 0 bridgehead atoms. The van der Waals surface area contributed by atoms with E-state index in [1.54, 1.807) is 12.1 Å². The molecule has 0 aromatic heterocycles. The number of alkyl halides is 1. The standard InChI is InChI=1S/C11H13ClO2/c1-14-11-6-5-9(8-10(11)13)4-2-3-7-12/h2,4-6,8,13H,3,7H2,1H3. The minimum absolute atomic E-state index is 0.153. The Morgan fingerprint density at radius 3 is 2.86 bits per heavy atom. The number of hydrogen-bond acceptors (Lipinski definition) is 2. The molecule has 1 rings (SSSR count). The third-order valence-corrected chi connectivity index (χ3v) is 2.01. The van der Waals surface area contributed by atoms with Crippen molar-refractivity contribution in [2.24, 2.45) is 0 Å². The van der Waals surface area contributed by atoms with Gasteiger partial charge in [-0.15, -0.1) is 11.6 Å². The lowest BCUT2D eigenvalue weighted by atomic mass is 10.2. The summed E-state index contributed by atoms with van der Waals surface area (Å²) in [6, 6.07) is 5.27. The smallest absolute Gasteiger partial charge is 0.160 e. The molecule has 0 aliphatic rings. The molecule has 0 aliphatic carbocycles. The van der Waals surface area contributed by atoms with Gasteiger partial charge >= 0.3 is 0 Å². The normalized spacial score (nSPS) is 10.7. The lowest BCUT2D eigenvalue weighted by Crippen LogP contribution is -1.83. The van der Waals surface area contributed by atoms with Gasteiger partial charge in [0.05, 0.1) is 7.11 Å². The van der Waals surface area contributed by atoms with Gasteiger partial charge in [0.25, 0.3) is 0 Å². The summed E-state index contributed by atoms with van der Waals surface area (Å²) in [5, 5.41) is 9.46. The van der Waals surface area contributed by atoms with Crippen molar-refractivity contribution in [2.45, 2.75) is 6.42 Å². The number of phenols is 1. The van der Waals surface area contributed by atoms with Crippen LogP contribution in [0.2, 0.25) is 0 Å². The summed E-state index contributed by atoms with van der Waals surface area (Å²) in [7, 11) is 1.53. The molecule has 0 radical (unpaired) electrons. The quantitative estimate of drug-likeness (QED) is 0.778. The van der Waals surface area contributed by atoms with Crippen LogP contribution in [0.5, 0.6) is 11.5 Å². The average molecular weight is 213 g/mol. The van der Waals surface area contributed by atoms with E-state index in [1.807, 2.05) is 18.2 Å². The maximum absolute atomic E-state index is 9.46. The van der Waals surface area contributed by atoms with Gasteiger partial charge in [-0.2, -0.15) is 0 Å². The van der Waals surface area contributed by atoms with Crippen molar-refractivity contribution < 1.29 is 9.84 Å². The minimum Gasteiger partial charge on any atom is -0.504 e. The number of hydrogen-bond donors (Lipinski definition) is 1. The molecule has 1 N–H and O–H groups in total. The fraction of sp³-hybridized carbons (Fsp3) is 0.273. The van der Waals surface area contributed by atoms with Gasteiger partial charge < -0.3 is 9.84 Å². The second-order valence-electron chi connectivity index (χ2n) is 2.81. The van der Waals surface area contributed by atoms with E-state index in [4.69, 9.17) is 16.3 Å². The summed E-state index contributed by atoms with van der Waals surface area (Å²) in [5.74, 6) is 1.25. The third-order valence-electron chi connectivity index (χ3n) is 1.79. The van der Waals surface area contributed by atoms with E-state index in [-0.39, 0.29) is 5.75 Å². The Hall–Kier alpha value is -1.15. The zero-order valence-electron chi connectivity index (χ0n) is 8.03. The Morgan fingerprint density at radius 1 is 1.50 bits per heavy atom. The van der Waals surface area contributed by atoms with Crippen LogP contribution in [-0.2, 0) is 0 Å². The number of methoxy groups -OCH3 is 1. The minimum atomic E-state index is 0.153. The summed E-state index contributed by atoms with van der Waals surface area (Å²) < 4.78 is 4.93. The van der Waals surface area contributed by atoms with Gasteiger partial charge in [-0.3, -0.25) is 0 Å². The predicted octanol–water partition coefficient (Wildman–Crippen LogP) is 3.04. The van der Waals surface area contributed by atoms with Crippen molar-refractivity contribution in [2.75, 3.05) is 13.0 Å². The molecule has 0 heterocycles. The topological polar surface area (TPSA) is 29.5 Å². The molecule has 1 aromatic carbocycles. The Labute approximate surface area is 88.8 Å². The van der Waals surface area contributed by atoms with Crippen LogP contribution in [-0.4, -0.2) is 18.1 Å². The maximum atomic E-state index is 9.46. The number of ether oxygens (including phenoxy) is 1. The largest absolute Gasteiger partial charge is 0.504 e. The molecule has 0 fully saturated rings.